The lowest BCUT2D eigenvalue weighted by Gasteiger charge is -2.28. The molecule has 192 valence electrons. The third-order valence-corrected chi connectivity index (χ3v) is 4.34. The minimum atomic E-state index is -0.339. The number of aliphatic hydroxyl groups excluding tert-OH is 1. The van der Waals surface area contributed by atoms with Crippen LogP contribution in [-0.4, -0.2) is 31.6 Å². The molecule has 0 unspecified atom stereocenters. The molecule has 1 N–H and O–H groups in total. The number of rotatable bonds is 10. The van der Waals surface area contributed by atoms with Crippen LogP contribution in [0.3, 0.4) is 0 Å². The SMILES string of the molecule is C=C(/C=C/CO)CN(Cc1ccc(F)cc1)c1ccc(N(F)C(=C)C)c(N(C)F)c1.CC.CC=O. The molecule has 0 atom stereocenters. The Hall–Kier alpha value is -3.52. The number of halogens is 3. The highest BCUT2D eigenvalue weighted by Crippen LogP contribution is 2.36. The van der Waals surface area contributed by atoms with Crippen molar-refractivity contribution in [1.82, 2.24) is 0 Å². The smallest absolute Gasteiger partial charge is 0.123 e. The Bertz CT molecular complexity index is 961. The second-order valence-corrected chi connectivity index (χ2v) is 7.13. The highest BCUT2D eigenvalue weighted by Gasteiger charge is 2.18. The number of carbonyl (C=O) groups excluding carboxylic acids is 1. The van der Waals surface area contributed by atoms with E-state index in [1.165, 1.54) is 45.2 Å². The first-order valence-corrected chi connectivity index (χ1v) is 11.1. The minimum Gasteiger partial charge on any atom is -0.392 e. The van der Waals surface area contributed by atoms with Gasteiger partial charge in [-0.2, -0.15) is 5.12 Å². The van der Waals surface area contributed by atoms with Gasteiger partial charge in [-0.15, -0.1) is 4.48 Å². The summed E-state index contributed by atoms with van der Waals surface area (Å²) in [7, 11) is 1.18. The molecule has 0 saturated heterocycles. The fourth-order valence-corrected chi connectivity index (χ4v) is 2.89. The van der Waals surface area contributed by atoms with Crippen LogP contribution in [0.5, 0.6) is 0 Å². The summed E-state index contributed by atoms with van der Waals surface area (Å²) >= 11 is 0. The molecule has 2 aromatic rings. The fourth-order valence-electron chi connectivity index (χ4n) is 2.89. The van der Waals surface area contributed by atoms with E-state index >= 15 is 0 Å². The van der Waals surface area contributed by atoms with Gasteiger partial charge in [0.25, 0.3) is 0 Å². The maximum atomic E-state index is 14.4. The zero-order valence-electron chi connectivity index (χ0n) is 21.1. The molecule has 8 heteroatoms. The monoisotopic (exact) mass is 491 g/mol. The van der Waals surface area contributed by atoms with Crippen LogP contribution in [0.2, 0.25) is 0 Å². The van der Waals surface area contributed by atoms with E-state index in [2.05, 4.69) is 13.2 Å². The summed E-state index contributed by atoms with van der Waals surface area (Å²) in [5, 5.41) is 9.64. The third-order valence-electron chi connectivity index (χ3n) is 4.34. The molecule has 0 fully saturated rings. The quantitative estimate of drug-likeness (QED) is 0.227. The topological polar surface area (TPSA) is 47.0 Å². The zero-order chi connectivity index (χ0) is 27.0. The normalized spacial score (nSPS) is 9.86. The number of benzene rings is 2. The number of nitrogens with zero attached hydrogens (tertiary/aromatic N) is 3. The second-order valence-electron chi connectivity index (χ2n) is 7.13. The summed E-state index contributed by atoms with van der Waals surface area (Å²) in [5.74, 6) is -0.339. The van der Waals surface area contributed by atoms with E-state index in [9.17, 15) is 13.4 Å². The van der Waals surface area contributed by atoms with Crippen molar-refractivity contribution < 1.29 is 23.3 Å². The molecule has 0 radical (unpaired) electrons. The summed E-state index contributed by atoms with van der Waals surface area (Å²) in [5.41, 5.74) is 2.34. The van der Waals surface area contributed by atoms with Crippen molar-refractivity contribution in [3.8, 4) is 0 Å². The van der Waals surface area contributed by atoms with Gasteiger partial charge in [-0.3, -0.25) is 0 Å². The average molecular weight is 492 g/mol. The lowest BCUT2D eigenvalue weighted by molar-refractivity contribution is -0.106. The van der Waals surface area contributed by atoms with Crippen molar-refractivity contribution in [3.63, 3.8) is 0 Å². The van der Waals surface area contributed by atoms with Crippen LogP contribution in [0.25, 0.3) is 0 Å². The van der Waals surface area contributed by atoms with Crippen molar-refractivity contribution in [2.75, 3.05) is 35.3 Å². The van der Waals surface area contributed by atoms with Crippen LogP contribution in [0.15, 0.2) is 79.0 Å². The highest BCUT2D eigenvalue weighted by atomic mass is 19.2. The van der Waals surface area contributed by atoms with E-state index in [0.29, 0.717) is 34.6 Å². The van der Waals surface area contributed by atoms with Crippen LogP contribution in [0, 0.1) is 5.82 Å². The summed E-state index contributed by atoms with van der Waals surface area (Å²) < 4.78 is 41.8. The van der Waals surface area contributed by atoms with Gasteiger partial charge in [0.2, 0.25) is 0 Å². The number of carbonyl (C=O) groups is 1. The maximum Gasteiger partial charge on any atom is 0.123 e. The molecule has 0 aliphatic rings. The Balaban J connectivity index is 0.00000214. The number of allylic oxidation sites excluding steroid dienone is 1. The second kappa shape index (κ2) is 17.0. The number of hydrogen-bond acceptors (Lipinski definition) is 5. The van der Waals surface area contributed by atoms with Crippen LogP contribution in [0.1, 0.15) is 33.3 Å². The zero-order valence-corrected chi connectivity index (χ0v) is 21.1. The Kier molecular flexibility index (Phi) is 15.3. The fraction of sp³-hybridized carbons (Fsp3) is 0.296. The van der Waals surface area contributed by atoms with E-state index in [4.69, 9.17) is 9.90 Å². The van der Waals surface area contributed by atoms with Gasteiger partial charge in [-0.1, -0.05) is 55.8 Å². The molecule has 0 saturated carbocycles. The lowest BCUT2D eigenvalue weighted by Crippen LogP contribution is -2.25. The first-order chi connectivity index (χ1) is 16.6. The predicted molar refractivity (Wildman–Crippen MR) is 140 cm³/mol. The average Bonchev–Trinajstić information content (AvgIpc) is 2.84. The molecule has 0 aliphatic carbocycles. The summed E-state index contributed by atoms with van der Waals surface area (Å²) in [6.45, 7) is 15.1. The molecule has 0 bridgehead atoms. The molecule has 0 amide bonds. The molecule has 0 aliphatic heterocycles. The first-order valence-electron chi connectivity index (χ1n) is 11.1. The molecule has 35 heavy (non-hydrogen) atoms. The highest BCUT2D eigenvalue weighted by molar-refractivity contribution is 5.76. The predicted octanol–water partition coefficient (Wildman–Crippen LogP) is 6.71. The van der Waals surface area contributed by atoms with Crippen molar-refractivity contribution in [1.29, 1.82) is 0 Å². The summed E-state index contributed by atoms with van der Waals surface area (Å²) in [6.07, 6.45) is 4.01. The Morgan fingerprint density at radius 1 is 1.06 bits per heavy atom. The first kappa shape index (κ1) is 31.5. The van der Waals surface area contributed by atoms with Crippen molar-refractivity contribution in [3.05, 3.63) is 90.4 Å². The van der Waals surface area contributed by atoms with E-state index < -0.39 is 0 Å². The number of hydrogen-bond donors (Lipinski definition) is 1. The molecule has 0 aromatic heterocycles. The molecule has 0 heterocycles. The van der Waals surface area contributed by atoms with Gasteiger partial charge in [-0.05, 0) is 55.3 Å². The van der Waals surface area contributed by atoms with Crippen LogP contribution >= 0.6 is 0 Å². The summed E-state index contributed by atoms with van der Waals surface area (Å²) in [4.78, 5) is 10.7. The molecule has 2 aromatic carbocycles. The number of aliphatic hydroxyl groups is 1. The number of anilines is 3. The Morgan fingerprint density at radius 3 is 2.11 bits per heavy atom. The Labute approximate surface area is 207 Å². The third kappa shape index (κ3) is 11.0. The van der Waals surface area contributed by atoms with Crippen LogP contribution in [0.4, 0.5) is 30.4 Å². The van der Waals surface area contributed by atoms with Gasteiger partial charge in [-0.25, -0.2) is 9.51 Å². The number of aldehydes is 1. The van der Waals surface area contributed by atoms with Gasteiger partial charge >= 0.3 is 0 Å². The van der Waals surface area contributed by atoms with Gasteiger partial charge in [0.05, 0.1) is 12.3 Å². The van der Waals surface area contributed by atoms with E-state index in [1.54, 1.807) is 30.4 Å². The maximum absolute atomic E-state index is 14.4. The summed E-state index contributed by atoms with van der Waals surface area (Å²) in [6, 6.07) is 10.7. The van der Waals surface area contributed by atoms with E-state index in [-0.39, 0.29) is 29.5 Å². The van der Waals surface area contributed by atoms with E-state index in [1.807, 2.05) is 18.7 Å². The Morgan fingerprint density at radius 2 is 1.63 bits per heavy atom. The van der Waals surface area contributed by atoms with E-state index in [0.717, 1.165) is 11.8 Å². The van der Waals surface area contributed by atoms with Crippen molar-refractivity contribution in [2.45, 2.75) is 34.2 Å². The van der Waals surface area contributed by atoms with Gasteiger partial charge in [0.1, 0.15) is 17.8 Å². The van der Waals surface area contributed by atoms with Gasteiger partial charge in [0, 0.05) is 31.5 Å². The van der Waals surface area contributed by atoms with Gasteiger partial charge < -0.3 is 14.8 Å². The standard InChI is InChI=1S/C23H26F3N3O.C2H4O.C2H6/c1-17(2)29(26)22-12-11-21(14-23(22)27(4)25)28(15-18(3)6-5-13-30)16-19-7-9-20(24)10-8-19;1-2-3;1-2/h5-12,14,30H,1,3,13,15-16H2,2,4H3;2H,1H3;1-2H3/b6-5+;;. The lowest BCUT2D eigenvalue weighted by atomic mass is 10.1. The van der Waals surface area contributed by atoms with Crippen molar-refractivity contribution in [2.24, 2.45) is 0 Å². The van der Waals surface area contributed by atoms with Gasteiger partial charge in [0.15, 0.2) is 0 Å². The molecule has 2 rings (SSSR count). The molecular formula is C27H36F3N3O2. The molecule has 5 nitrogen and oxygen atoms in total. The van der Waals surface area contributed by atoms with Crippen molar-refractivity contribution >= 4 is 23.3 Å². The molecule has 0 spiro atoms. The van der Waals surface area contributed by atoms with Crippen LogP contribution in [-0.2, 0) is 11.3 Å². The molecular weight excluding hydrogens is 455 g/mol. The minimum absolute atomic E-state index is 0.0250. The van der Waals surface area contributed by atoms with Crippen LogP contribution < -0.4 is 15.1 Å². The largest absolute Gasteiger partial charge is 0.392 e.